The lowest BCUT2D eigenvalue weighted by Gasteiger charge is -2.08. The number of fused-ring (bicyclic) bond motifs is 1. The first-order valence-electron chi connectivity index (χ1n) is 8.18. The van der Waals surface area contributed by atoms with E-state index in [0.717, 1.165) is 22.2 Å². The van der Waals surface area contributed by atoms with E-state index in [4.69, 9.17) is 4.74 Å². The van der Waals surface area contributed by atoms with Crippen LogP contribution >= 0.6 is 11.3 Å². The molecular weight excluding hydrogens is 362 g/mol. The number of ether oxygens (including phenoxy) is 1. The van der Waals surface area contributed by atoms with Gasteiger partial charge in [-0.2, -0.15) is 0 Å². The molecule has 27 heavy (non-hydrogen) atoms. The summed E-state index contributed by atoms with van der Waals surface area (Å²) in [7, 11) is 1.59. The number of aromatic nitrogens is 1. The Morgan fingerprint density at radius 2 is 2.00 bits per heavy atom. The van der Waals surface area contributed by atoms with Crippen LogP contribution in [-0.2, 0) is 4.79 Å². The van der Waals surface area contributed by atoms with E-state index >= 15 is 0 Å². The van der Waals surface area contributed by atoms with Gasteiger partial charge in [-0.25, -0.2) is 4.99 Å². The number of thiazole rings is 1. The van der Waals surface area contributed by atoms with Crippen molar-refractivity contribution in [3.63, 3.8) is 0 Å². The highest BCUT2D eigenvalue weighted by Crippen LogP contribution is 2.26. The Morgan fingerprint density at radius 1 is 1.15 bits per heavy atom. The number of nitrogens with zero attached hydrogens (tertiary/aromatic N) is 1. The molecule has 0 saturated carbocycles. The van der Waals surface area contributed by atoms with Gasteiger partial charge >= 0.3 is 4.87 Å². The summed E-state index contributed by atoms with van der Waals surface area (Å²) in [5.41, 5.74) is 1.19. The minimum Gasteiger partial charge on any atom is -0.497 e. The van der Waals surface area contributed by atoms with Crippen molar-refractivity contribution in [1.82, 2.24) is 4.98 Å². The maximum atomic E-state index is 12.3. The third kappa shape index (κ3) is 3.58. The molecule has 6 nitrogen and oxygen atoms in total. The second kappa shape index (κ2) is 7.05. The maximum absolute atomic E-state index is 12.3. The van der Waals surface area contributed by atoms with Gasteiger partial charge in [-0.05, 0) is 30.4 Å². The average Bonchev–Trinajstić information content (AvgIpc) is 3.01. The number of H-pyrrole nitrogens is 1. The van der Waals surface area contributed by atoms with Gasteiger partial charge < -0.3 is 10.1 Å². The molecule has 4 rings (SSSR count). The van der Waals surface area contributed by atoms with Gasteiger partial charge in [0.15, 0.2) is 0 Å². The van der Waals surface area contributed by atoms with E-state index in [1.54, 1.807) is 25.3 Å². The number of amides is 1. The third-order valence-electron chi connectivity index (χ3n) is 4.02. The second-order valence-electron chi connectivity index (χ2n) is 5.83. The Kier molecular flexibility index (Phi) is 4.43. The number of anilines is 2. The molecule has 0 radical (unpaired) electrons. The molecule has 0 bridgehead atoms. The molecule has 2 heterocycles. The standard InChI is InChI=1S/C20H15N3O3S/c1-26-15-7-4-6-14(11-15)21-18-17(27-20(25)23-18)10-13-9-12-5-2-3-8-16(12)22-19(13)24/h2-11,21H,1H3,(H,23,25)/b13-10-. The van der Waals surface area contributed by atoms with Gasteiger partial charge in [0.2, 0.25) is 0 Å². The first-order valence-corrected chi connectivity index (χ1v) is 9.00. The van der Waals surface area contributed by atoms with Gasteiger partial charge in [-0.15, -0.1) is 0 Å². The van der Waals surface area contributed by atoms with Gasteiger partial charge in [-0.1, -0.05) is 35.6 Å². The zero-order chi connectivity index (χ0) is 18.8. The molecule has 0 atom stereocenters. The SMILES string of the molecule is COc1cccc(Nc2[nH]c(=O)sc2/C=C2/C=c3ccccc3=NC2=O)c1. The fourth-order valence-corrected chi connectivity index (χ4v) is 3.48. The molecule has 0 saturated heterocycles. The highest BCUT2D eigenvalue weighted by Gasteiger charge is 2.13. The molecule has 0 spiro atoms. The lowest BCUT2D eigenvalue weighted by molar-refractivity contribution is -0.114. The fourth-order valence-electron chi connectivity index (χ4n) is 2.74. The summed E-state index contributed by atoms with van der Waals surface area (Å²) in [6, 6.07) is 14.8. The molecule has 1 aliphatic heterocycles. The Balaban J connectivity index is 1.73. The van der Waals surface area contributed by atoms with Gasteiger partial charge in [0.1, 0.15) is 11.6 Å². The summed E-state index contributed by atoms with van der Waals surface area (Å²) >= 11 is 1.03. The molecule has 0 aliphatic carbocycles. The van der Waals surface area contributed by atoms with Crippen LogP contribution in [0.2, 0.25) is 0 Å². The highest BCUT2D eigenvalue weighted by molar-refractivity contribution is 7.10. The lowest BCUT2D eigenvalue weighted by atomic mass is 10.1. The second-order valence-corrected chi connectivity index (χ2v) is 6.85. The molecule has 2 N–H and O–H groups in total. The average molecular weight is 377 g/mol. The molecule has 0 fully saturated rings. The molecule has 3 aromatic rings. The fraction of sp³-hybridized carbons (Fsp3) is 0.0500. The summed E-state index contributed by atoms with van der Waals surface area (Å²) in [5, 5.41) is 4.68. The first-order chi connectivity index (χ1) is 13.1. The van der Waals surface area contributed by atoms with Crippen LogP contribution in [0, 0.1) is 0 Å². The van der Waals surface area contributed by atoms with Crippen molar-refractivity contribution in [2.45, 2.75) is 0 Å². The monoisotopic (exact) mass is 377 g/mol. The minimum atomic E-state index is -0.332. The van der Waals surface area contributed by atoms with E-state index in [9.17, 15) is 9.59 Å². The topological polar surface area (TPSA) is 83.5 Å². The van der Waals surface area contributed by atoms with Crippen molar-refractivity contribution < 1.29 is 9.53 Å². The molecule has 1 aromatic heterocycles. The first kappa shape index (κ1) is 17.0. The number of carbonyl (C=O) groups is 1. The van der Waals surface area contributed by atoms with Gasteiger partial charge in [0, 0.05) is 22.5 Å². The zero-order valence-electron chi connectivity index (χ0n) is 14.4. The number of hydrogen-bond acceptors (Lipinski definition) is 5. The van der Waals surface area contributed by atoms with E-state index < -0.39 is 0 Å². The minimum absolute atomic E-state index is 0.215. The van der Waals surface area contributed by atoms with E-state index in [0.29, 0.717) is 27.4 Å². The Hall–Kier alpha value is -3.45. The number of hydrogen-bond donors (Lipinski definition) is 2. The molecule has 7 heteroatoms. The van der Waals surface area contributed by atoms with Crippen LogP contribution in [0.3, 0.4) is 0 Å². The highest BCUT2D eigenvalue weighted by atomic mass is 32.1. The Bertz CT molecular complexity index is 1240. The number of nitrogens with one attached hydrogen (secondary N) is 2. The largest absolute Gasteiger partial charge is 0.497 e. The van der Waals surface area contributed by atoms with E-state index in [-0.39, 0.29) is 10.8 Å². The summed E-state index contributed by atoms with van der Waals surface area (Å²) in [6.45, 7) is 0. The predicted molar refractivity (Wildman–Crippen MR) is 106 cm³/mol. The number of benzene rings is 2. The third-order valence-corrected chi connectivity index (χ3v) is 4.85. The number of aromatic amines is 1. The van der Waals surface area contributed by atoms with Crippen LogP contribution in [0.1, 0.15) is 4.88 Å². The normalized spacial score (nSPS) is 14.3. The zero-order valence-corrected chi connectivity index (χ0v) is 15.2. The van der Waals surface area contributed by atoms with Crippen LogP contribution in [0.4, 0.5) is 11.5 Å². The number of methoxy groups -OCH3 is 1. The molecule has 2 aromatic carbocycles. The summed E-state index contributed by atoms with van der Waals surface area (Å²) in [6.07, 6.45) is 3.46. The van der Waals surface area contributed by atoms with Crippen LogP contribution in [0.5, 0.6) is 5.75 Å². The van der Waals surface area contributed by atoms with E-state index in [1.807, 2.05) is 42.5 Å². The molecule has 1 amide bonds. The van der Waals surface area contributed by atoms with Gasteiger partial charge in [-0.3, -0.25) is 14.6 Å². The van der Waals surface area contributed by atoms with Crippen LogP contribution in [0.15, 0.2) is 63.9 Å². The predicted octanol–water partition coefficient (Wildman–Crippen LogP) is 2.21. The van der Waals surface area contributed by atoms with Gasteiger partial charge in [0.05, 0.1) is 17.3 Å². The van der Waals surface area contributed by atoms with Crippen molar-refractivity contribution in [3.8, 4) is 5.75 Å². The summed E-state index contributed by atoms with van der Waals surface area (Å²) < 4.78 is 5.21. The smallest absolute Gasteiger partial charge is 0.306 e. The molecule has 1 aliphatic rings. The quantitative estimate of drug-likeness (QED) is 0.683. The number of carbonyl (C=O) groups excluding carboxylic acids is 1. The van der Waals surface area contributed by atoms with E-state index in [2.05, 4.69) is 15.3 Å². The van der Waals surface area contributed by atoms with Crippen molar-refractivity contribution in [2.75, 3.05) is 12.4 Å². The van der Waals surface area contributed by atoms with Crippen molar-refractivity contribution in [3.05, 3.63) is 79.2 Å². The van der Waals surface area contributed by atoms with E-state index in [1.165, 1.54) is 0 Å². The van der Waals surface area contributed by atoms with Crippen molar-refractivity contribution in [1.29, 1.82) is 0 Å². The number of para-hydroxylation sites is 1. The number of rotatable bonds is 4. The Labute approximate surface area is 158 Å². The van der Waals surface area contributed by atoms with Crippen LogP contribution < -0.4 is 25.5 Å². The van der Waals surface area contributed by atoms with Crippen LogP contribution in [-0.4, -0.2) is 18.0 Å². The lowest BCUT2D eigenvalue weighted by Crippen LogP contribution is -2.29. The van der Waals surface area contributed by atoms with Crippen molar-refractivity contribution in [2.24, 2.45) is 4.99 Å². The summed E-state index contributed by atoms with van der Waals surface area (Å²) in [4.78, 5) is 31.5. The molecule has 134 valence electrons. The van der Waals surface area contributed by atoms with Crippen LogP contribution in [0.25, 0.3) is 12.2 Å². The van der Waals surface area contributed by atoms with Crippen molar-refractivity contribution >= 4 is 40.9 Å². The molecule has 0 unspecified atom stereocenters. The maximum Gasteiger partial charge on any atom is 0.306 e. The summed E-state index contributed by atoms with van der Waals surface area (Å²) in [5.74, 6) is 0.886. The Morgan fingerprint density at radius 3 is 2.85 bits per heavy atom. The molecular formula is C20H15N3O3S. The van der Waals surface area contributed by atoms with Gasteiger partial charge in [0.25, 0.3) is 5.91 Å².